The normalized spacial score (nSPS) is 11.8. The van der Waals surface area contributed by atoms with Gasteiger partial charge in [-0.05, 0) is 37.6 Å². The van der Waals surface area contributed by atoms with E-state index >= 15 is 0 Å². The molecule has 2 aromatic rings. The number of pyridine rings is 1. The van der Waals surface area contributed by atoms with Crippen molar-refractivity contribution in [3.05, 3.63) is 58.3 Å². The van der Waals surface area contributed by atoms with E-state index in [-0.39, 0.29) is 11.9 Å². The van der Waals surface area contributed by atoms with Gasteiger partial charge in [-0.15, -0.1) is 0 Å². The summed E-state index contributed by atoms with van der Waals surface area (Å²) < 4.78 is 0.998. The molecule has 0 saturated carbocycles. The first kappa shape index (κ1) is 15.5. The van der Waals surface area contributed by atoms with E-state index in [1.54, 1.807) is 18.5 Å². The zero-order valence-electron chi connectivity index (χ0n) is 12.1. The average Bonchev–Trinajstić information content (AvgIpc) is 2.48. The van der Waals surface area contributed by atoms with Crippen molar-refractivity contribution < 1.29 is 4.79 Å². The van der Waals surface area contributed by atoms with Crippen molar-refractivity contribution in [1.82, 2.24) is 10.3 Å². The fourth-order valence-electron chi connectivity index (χ4n) is 2.06. The number of aromatic nitrogens is 1. The lowest BCUT2D eigenvalue weighted by molar-refractivity contribution is 0.0940. The van der Waals surface area contributed by atoms with Crippen LogP contribution in [0.5, 0.6) is 0 Å². The first-order valence-electron chi connectivity index (χ1n) is 6.86. The molecule has 1 unspecified atom stereocenters. The van der Waals surface area contributed by atoms with Crippen molar-refractivity contribution >= 4 is 27.5 Å². The molecule has 0 aliphatic rings. The van der Waals surface area contributed by atoms with Crippen molar-refractivity contribution in [2.24, 2.45) is 0 Å². The van der Waals surface area contributed by atoms with Gasteiger partial charge in [0.2, 0.25) is 0 Å². The van der Waals surface area contributed by atoms with Crippen molar-refractivity contribution in [2.75, 3.05) is 11.9 Å². The van der Waals surface area contributed by atoms with Crippen LogP contribution >= 0.6 is 15.9 Å². The summed E-state index contributed by atoms with van der Waals surface area (Å²) in [4.78, 5) is 16.5. The Morgan fingerprint density at radius 1 is 1.38 bits per heavy atom. The second-order valence-corrected chi connectivity index (χ2v) is 5.62. The number of carbonyl (C=O) groups is 1. The number of benzene rings is 1. The van der Waals surface area contributed by atoms with Crippen molar-refractivity contribution in [3.63, 3.8) is 0 Å². The minimum atomic E-state index is -0.110. The molecule has 1 aromatic heterocycles. The largest absolute Gasteiger partial charge is 0.383 e. The van der Waals surface area contributed by atoms with Crippen LogP contribution < -0.4 is 10.6 Å². The monoisotopic (exact) mass is 347 g/mol. The molecular weight excluding hydrogens is 330 g/mol. The van der Waals surface area contributed by atoms with Gasteiger partial charge < -0.3 is 10.6 Å². The second-order valence-electron chi connectivity index (χ2n) is 4.70. The maximum atomic E-state index is 12.4. The average molecular weight is 348 g/mol. The Morgan fingerprint density at radius 3 is 2.90 bits per heavy atom. The van der Waals surface area contributed by atoms with Gasteiger partial charge >= 0.3 is 0 Å². The molecule has 4 nitrogen and oxygen atoms in total. The van der Waals surface area contributed by atoms with E-state index in [2.05, 4.69) is 31.5 Å². The van der Waals surface area contributed by atoms with E-state index < -0.39 is 0 Å². The van der Waals surface area contributed by atoms with Crippen LogP contribution in [0, 0.1) is 0 Å². The standard InChI is InChI=1S/C16H18BrN3O/c1-3-19-15-10-18-8-7-14(15)16(21)20-11(2)12-5-4-6-13(17)9-12/h4-11,19H,3H2,1-2H3,(H,20,21). The van der Waals surface area contributed by atoms with E-state index in [9.17, 15) is 4.79 Å². The smallest absolute Gasteiger partial charge is 0.253 e. The Bertz CT molecular complexity index is 630. The predicted molar refractivity (Wildman–Crippen MR) is 88.4 cm³/mol. The zero-order chi connectivity index (χ0) is 15.2. The quantitative estimate of drug-likeness (QED) is 0.865. The van der Waals surface area contributed by atoms with E-state index in [1.807, 2.05) is 38.1 Å². The summed E-state index contributed by atoms with van der Waals surface area (Å²) in [6.45, 7) is 4.69. The summed E-state index contributed by atoms with van der Waals surface area (Å²) in [5.41, 5.74) is 2.41. The maximum absolute atomic E-state index is 12.4. The first-order valence-corrected chi connectivity index (χ1v) is 7.65. The van der Waals surface area contributed by atoms with Gasteiger partial charge in [0.25, 0.3) is 5.91 Å². The van der Waals surface area contributed by atoms with E-state index in [1.165, 1.54) is 0 Å². The Morgan fingerprint density at radius 2 is 2.19 bits per heavy atom. The van der Waals surface area contributed by atoms with Crippen LogP contribution in [0.2, 0.25) is 0 Å². The van der Waals surface area contributed by atoms with E-state index in [4.69, 9.17) is 0 Å². The topological polar surface area (TPSA) is 54.0 Å². The molecule has 1 amide bonds. The number of hydrogen-bond donors (Lipinski definition) is 2. The van der Waals surface area contributed by atoms with Crippen molar-refractivity contribution in [2.45, 2.75) is 19.9 Å². The lowest BCUT2D eigenvalue weighted by atomic mass is 10.1. The highest BCUT2D eigenvalue weighted by molar-refractivity contribution is 9.10. The Hall–Kier alpha value is -1.88. The van der Waals surface area contributed by atoms with E-state index in [0.29, 0.717) is 5.56 Å². The van der Waals surface area contributed by atoms with Gasteiger partial charge in [0.15, 0.2) is 0 Å². The summed E-state index contributed by atoms with van der Waals surface area (Å²) in [6.07, 6.45) is 3.29. The molecule has 0 aliphatic carbocycles. The molecule has 0 spiro atoms. The first-order chi connectivity index (χ1) is 10.1. The van der Waals surface area contributed by atoms with Crippen molar-refractivity contribution in [1.29, 1.82) is 0 Å². The summed E-state index contributed by atoms with van der Waals surface area (Å²) >= 11 is 3.44. The molecule has 5 heteroatoms. The number of hydrogen-bond acceptors (Lipinski definition) is 3. The van der Waals surface area contributed by atoms with Crippen LogP contribution in [-0.4, -0.2) is 17.4 Å². The van der Waals surface area contributed by atoms with Crippen LogP contribution in [0.1, 0.15) is 35.8 Å². The number of nitrogens with zero attached hydrogens (tertiary/aromatic N) is 1. The molecule has 110 valence electrons. The SMILES string of the molecule is CCNc1cnccc1C(=O)NC(C)c1cccc(Br)c1. The van der Waals surface area contributed by atoms with Gasteiger partial charge in [0.1, 0.15) is 0 Å². The van der Waals surface area contributed by atoms with Gasteiger partial charge in [-0.1, -0.05) is 28.1 Å². The Balaban J connectivity index is 2.14. The summed E-state index contributed by atoms with van der Waals surface area (Å²) in [5.74, 6) is -0.110. The van der Waals surface area contributed by atoms with Crippen LogP contribution in [0.15, 0.2) is 47.2 Å². The third-order valence-electron chi connectivity index (χ3n) is 3.13. The summed E-state index contributed by atoms with van der Waals surface area (Å²) in [7, 11) is 0. The third kappa shape index (κ3) is 4.04. The highest BCUT2D eigenvalue weighted by atomic mass is 79.9. The minimum Gasteiger partial charge on any atom is -0.383 e. The lowest BCUT2D eigenvalue weighted by Crippen LogP contribution is -2.27. The summed E-state index contributed by atoms with van der Waals surface area (Å²) in [5, 5.41) is 6.16. The molecule has 1 heterocycles. The zero-order valence-corrected chi connectivity index (χ0v) is 13.6. The highest BCUT2D eigenvalue weighted by Crippen LogP contribution is 2.19. The molecule has 2 N–H and O–H groups in total. The number of anilines is 1. The van der Waals surface area contributed by atoms with Crippen LogP contribution in [0.25, 0.3) is 0 Å². The van der Waals surface area contributed by atoms with Crippen LogP contribution in [0.3, 0.4) is 0 Å². The fourth-order valence-corrected chi connectivity index (χ4v) is 2.47. The third-order valence-corrected chi connectivity index (χ3v) is 3.62. The number of amides is 1. The number of halogens is 1. The lowest BCUT2D eigenvalue weighted by Gasteiger charge is -2.16. The number of nitrogens with one attached hydrogen (secondary N) is 2. The molecule has 0 radical (unpaired) electrons. The molecule has 21 heavy (non-hydrogen) atoms. The van der Waals surface area contributed by atoms with Gasteiger partial charge in [-0.25, -0.2) is 0 Å². The highest BCUT2D eigenvalue weighted by Gasteiger charge is 2.14. The number of carbonyl (C=O) groups excluding carboxylic acids is 1. The second kappa shape index (κ2) is 7.22. The molecule has 0 saturated heterocycles. The molecular formula is C16H18BrN3O. The van der Waals surface area contributed by atoms with Crippen LogP contribution in [0.4, 0.5) is 5.69 Å². The maximum Gasteiger partial charge on any atom is 0.253 e. The molecule has 0 aliphatic heterocycles. The minimum absolute atomic E-state index is 0.0716. The van der Waals surface area contributed by atoms with Crippen LogP contribution in [-0.2, 0) is 0 Å². The van der Waals surface area contributed by atoms with Gasteiger partial charge in [-0.2, -0.15) is 0 Å². The van der Waals surface area contributed by atoms with Crippen molar-refractivity contribution in [3.8, 4) is 0 Å². The molecule has 2 rings (SSSR count). The van der Waals surface area contributed by atoms with Gasteiger partial charge in [-0.3, -0.25) is 9.78 Å². The number of rotatable bonds is 5. The summed E-state index contributed by atoms with van der Waals surface area (Å²) in [6, 6.07) is 9.57. The fraction of sp³-hybridized carbons (Fsp3) is 0.250. The Kier molecular flexibility index (Phi) is 5.33. The van der Waals surface area contributed by atoms with E-state index in [0.717, 1.165) is 22.3 Å². The predicted octanol–water partition coefficient (Wildman–Crippen LogP) is 3.77. The molecule has 1 aromatic carbocycles. The van der Waals surface area contributed by atoms with Gasteiger partial charge in [0, 0.05) is 17.2 Å². The van der Waals surface area contributed by atoms with Gasteiger partial charge in [0.05, 0.1) is 23.5 Å². The Labute approximate surface area is 133 Å². The molecule has 0 fully saturated rings. The molecule has 0 bridgehead atoms. The molecule has 1 atom stereocenters.